The second kappa shape index (κ2) is 13.3. The third kappa shape index (κ3) is 7.12. The molecule has 5 rings (SSSR count). The molecular formula is C29H32F2N6O3S. The van der Waals surface area contributed by atoms with Gasteiger partial charge in [-0.1, -0.05) is 18.6 Å². The number of nitrogens with zero attached hydrogens (tertiary/aromatic N) is 4. The Bertz CT molecular complexity index is 1430. The molecule has 1 aliphatic rings. The molecule has 1 aliphatic heterocycles. The lowest BCUT2D eigenvalue weighted by Gasteiger charge is -2.32. The van der Waals surface area contributed by atoms with E-state index in [9.17, 15) is 18.7 Å². The summed E-state index contributed by atoms with van der Waals surface area (Å²) in [4.78, 5) is 21.4. The predicted octanol–water partition coefficient (Wildman–Crippen LogP) is 4.78. The minimum atomic E-state index is -1.02. The molecular weight excluding hydrogens is 550 g/mol. The molecule has 0 aliphatic carbocycles. The van der Waals surface area contributed by atoms with Crippen LogP contribution in [0.5, 0.6) is 0 Å². The molecule has 2 aromatic carbocycles. The third-order valence-corrected chi connectivity index (χ3v) is 8.16. The van der Waals surface area contributed by atoms with Crippen molar-refractivity contribution in [3.05, 3.63) is 77.4 Å². The Morgan fingerprint density at radius 2 is 2.07 bits per heavy atom. The van der Waals surface area contributed by atoms with E-state index in [4.69, 9.17) is 4.42 Å². The Kier molecular flexibility index (Phi) is 9.30. The van der Waals surface area contributed by atoms with Gasteiger partial charge in [-0.25, -0.2) is 13.8 Å². The molecule has 41 heavy (non-hydrogen) atoms. The van der Waals surface area contributed by atoms with E-state index in [1.807, 2.05) is 6.07 Å². The second-order valence-electron chi connectivity index (χ2n) is 10.0. The maximum atomic E-state index is 14.0. The fourth-order valence-corrected chi connectivity index (χ4v) is 6.12. The van der Waals surface area contributed by atoms with Crippen molar-refractivity contribution in [1.82, 2.24) is 25.7 Å². The minimum Gasteiger partial charge on any atom is -0.444 e. The number of halogens is 2. The van der Waals surface area contributed by atoms with E-state index in [0.29, 0.717) is 23.4 Å². The summed E-state index contributed by atoms with van der Waals surface area (Å²) < 4.78 is 33.6. The number of nitrogens with one attached hydrogen (secondary N) is 2. The van der Waals surface area contributed by atoms with Crippen LogP contribution in [0.2, 0.25) is 0 Å². The Morgan fingerprint density at radius 3 is 2.78 bits per heavy atom. The zero-order valence-electron chi connectivity index (χ0n) is 22.6. The van der Waals surface area contributed by atoms with Crippen molar-refractivity contribution in [3.8, 4) is 11.5 Å². The predicted molar refractivity (Wildman–Crippen MR) is 152 cm³/mol. The number of oxazole rings is 1. The van der Waals surface area contributed by atoms with Gasteiger partial charge in [-0.15, -0.1) is 16.9 Å². The molecule has 2 aromatic heterocycles. The van der Waals surface area contributed by atoms with Gasteiger partial charge in [0.05, 0.1) is 41.5 Å². The zero-order chi connectivity index (χ0) is 28.8. The fourth-order valence-electron chi connectivity index (χ4n) is 4.97. The summed E-state index contributed by atoms with van der Waals surface area (Å²) in [5.74, 6) is -0.548. The highest BCUT2D eigenvalue weighted by atomic mass is 32.2. The molecule has 0 spiro atoms. The smallest absolute Gasteiger partial charge is 0.251 e. The van der Waals surface area contributed by atoms with E-state index in [1.54, 1.807) is 30.2 Å². The van der Waals surface area contributed by atoms with Crippen LogP contribution in [0.25, 0.3) is 11.5 Å². The number of aliphatic hydroxyl groups is 1. The number of aryl methyl sites for hydroxylation is 1. The number of carbonyl (C=O) groups excluding carboxylic acids is 1. The molecule has 12 heteroatoms. The van der Waals surface area contributed by atoms with Crippen LogP contribution in [-0.2, 0) is 12.8 Å². The van der Waals surface area contributed by atoms with E-state index in [2.05, 4.69) is 37.5 Å². The fraction of sp³-hybridized carbons (Fsp3) is 0.379. The van der Waals surface area contributed by atoms with E-state index in [-0.39, 0.29) is 12.8 Å². The van der Waals surface area contributed by atoms with Crippen LogP contribution in [0.1, 0.15) is 47.8 Å². The van der Waals surface area contributed by atoms with Crippen LogP contribution in [0.3, 0.4) is 0 Å². The molecule has 3 heterocycles. The van der Waals surface area contributed by atoms with Crippen LogP contribution in [0, 0.1) is 11.6 Å². The van der Waals surface area contributed by atoms with Gasteiger partial charge in [0.15, 0.2) is 0 Å². The van der Waals surface area contributed by atoms with Gasteiger partial charge >= 0.3 is 0 Å². The number of anilines is 1. The summed E-state index contributed by atoms with van der Waals surface area (Å²) in [5.41, 5.74) is 3.08. The van der Waals surface area contributed by atoms with E-state index in [0.717, 1.165) is 59.6 Å². The van der Waals surface area contributed by atoms with E-state index in [1.165, 1.54) is 18.4 Å². The first-order valence-corrected chi connectivity index (χ1v) is 14.6. The molecule has 0 saturated heterocycles. The lowest BCUT2D eigenvalue weighted by atomic mass is 9.96. The van der Waals surface area contributed by atoms with Gasteiger partial charge < -0.3 is 19.7 Å². The molecule has 1 amide bonds. The van der Waals surface area contributed by atoms with Gasteiger partial charge in [0.25, 0.3) is 5.91 Å². The van der Waals surface area contributed by atoms with Gasteiger partial charge in [-0.2, -0.15) is 0 Å². The largest absolute Gasteiger partial charge is 0.444 e. The van der Waals surface area contributed by atoms with Crippen molar-refractivity contribution in [3.63, 3.8) is 0 Å². The maximum absolute atomic E-state index is 14.0. The van der Waals surface area contributed by atoms with Crippen molar-refractivity contribution >= 4 is 23.4 Å². The van der Waals surface area contributed by atoms with Crippen molar-refractivity contribution in [2.75, 3.05) is 23.7 Å². The van der Waals surface area contributed by atoms with Crippen molar-refractivity contribution in [1.29, 1.82) is 0 Å². The summed E-state index contributed by atoms with van der Waals surface area (Å²) >= 11 is 1.70. The Morgan fingerprint density at radius 1 is 1.24 bits per heavy atom. The molecule has 2 unspecified atom stereocenters. The molecule has 4 aromatic rings. The van der Waals surface area contributed by atoms with Crippen LogP contribution >= 0.6 is 11.8 Å². The van der Waals surface area contributed by atoms with Crippen LogP contribution < -0.4 is 10.2 Å². The molecule has 0 bridgehead atoms. The summed E-state index contributed by atoms with van der Waals surface area (Å²) in [6, 6.07) is 5.98. The maximum Gasteiger partial charge on any atom is 0.251 e. The lowest BCUT2D eigenvalue weighted by molar-refractivity contribution is 0.0814. The average Bonchev–Trinajstić information content (AvgIpc) is 3.68. The SMILES string of the molecule is CCCCN1CCSc2c(-c3ncco3)cc(C(=O)NC(Cc3cc(F)cc(F)c3)C(O)CCc3cnn[nH]3)cc21. The number of amides is 1. The van der Waals surface area contributed by atoms with Crippen LogP contribution in [0.4, 0.5) is 14.5 Å². The number of fused-ring (bicyclic) bond motifs is 1. The molecule has 2 atom stereocenters. The highest BCUT2D eigenvalue weighted by Crippen LogP contribution is 2.42. The molecule has 0 saturated carbocycles. The highest BCUT2D eigenvalue weighted by molar-refractivity contribution is 7.99. The number of carbonyl (C=O) groups is 1. The molecule has 0 radical (unpaired) electrons. The highest BCUT2D eigenvalue weighted by Gasteiger charge is 2.28. The Balaban J connectivity index is 1.45. The monoisotopic (exact) mass is 582 g/mol. The number of rotatable bonds is 12. The van der Waals surface area contributed by atoms with Gasteiger partial charge in [-0.3, -0.25) is 9.89 Å². The van der Waals surface area contributed by atoms with Crippen molar-refractivity contribution < 1.29 is 23.1 Å². The second-order valence-corrected chi connectivity index (χ2v) is 11.2. The Hall–Kier alpha value is -3.77. The van der Waals surface area contributed by atoms with Crippen molar-refractivity contribution in [2.45, 2.75) is 56.1 Å². The normalized spacial score (nSPS) is 14.5. The topological polar surface area (TPSA) is 120 Å². The van der Waals surface area contributed by atoms with E-state index < -0.39 is 29.7 Å². The number of H-pyrrole nitrogens is 1. The van der Waals surface area contributed by atoms with Gasteiger partial charge in [-0.05, 0) is 55.5 Å². The lowest BCUT2D eigenvalue weighted by Crippen LogP contribution is -2.45. The summed E-state index contributed by atoms with van der Waals surface area (Å²) in [7, 11) is 0. The third-order valence-electron chi connectivity index (χ3n) is 7.06. The molecule has 9 nitrogen and oxygen atoms in total. The standard InChI is InChI=1S/C29H32F2N6O3S/c1-2-3-7-37-8-10-41-27-23(29-32-6-9-40-29)14-19(15-25(27)37)28(39)34-24(13-18-11-20(30)16-21(31)12-18)26(38)5-4-22-17-33-36-35-22/h6,9,11-12,14-17,24,26,38H,2-5,7-8,10,13H2,1H3,(H,34,39)(H,33,35,36). The Labute approximate surface area is 240 Å². The number of hydrogen-bond acceptors (Lipinski definition) is 8. The number of thioether (sulfide) groups is 1. The van der Waals surface area contributed by atoms with Gasteiger partial charge in [0.2, 0.25) is 5.89 Å². The number of hydrogen-bond donors (Lipinski definition) is 3. The summed E-state index contributed by atoms with van der Waals surface area (Å²) in [6.45, 7) is 3.85. The first-order valence-electron chi connectivity index (χ1n) is 13.7. The molecule has 3 N–H and O–H groups in total. The number of aromatic nitrogens is 4. The minimum absolute atomic E-state index is 0.0266. The average molecular weight is 583 g/mol. The zero-order valence-corrected chi connectivity index (χ0v) is 23.5. The first-order chi connectivity index (χ1) is 19.9. The van der Waals surface area contributed by atoms with Crippen molar-refractivity contribution in [2.24, 2.45) is 0 Å². The number of unbranched alkanes of at least 4 members (excludes halogenated alkanes) is 1. The number of benzene rings is 2. The van der Waals surface area contributed by atoms with Crippen LogP contribution in [0.15, 0.2) is 58.3 Å². The summed E-state index contributed by atoms with van der Waals surface area (Å²) in [5, 5.41) is 24.3. The molecule has 216 valence electrons. The van der Waals surface area contributed by atoms with Gasteiger partial charge in [0.1, 0.15) is 17.9 Å². The quantitative estimate of drug-likeness (QED) is 0.218. The summed E-state index contributed by atoms with van der Waals surface area (Å²) in [6.07, 6.45) is 6.37. The number of aromatic amines is 1. The van der Waals surface area contributed by atoms with Crippen LogP contribution in [-0.4, -0.2) is 62.4 Å². The molecule has 0 fully saturated rings. The van der Waals surface area contributed by atoms with E-state index >= 15 is 0 Å². The first kappa shape index (κ1) is 28.7. The van der Waals surface area contributed by atoms with Gasteiger partial charge in [0, 0.05) is 35.4 Å². The number of aliphatic hydroxyl groups excluding tert-OH is 1.